The van der Waals surface area contributed by atoms with Crippen LogP contribution < -0.4 is 11.1 Å². The molecule has 0 bridgehead atoms. The van der Waals surface area contributed by atoms with E-state index >= 15 is 0 Å². The summed E-state index contributed by atoms with van der Waals surface area (Å²) in [7, 11) is 0. The molecule has 0 aliphatic heterocycles. The van der Waals surface area contributed by atoms with E-state index in [-0.39, 0.29) is 11.8 Å². The lowest BCUT2D eigenvalue weighted by Crippen LogP contribution is -2.34. The van der Waals surface area contributed by atoms with Gasteiger partial charge in [0.2, 0.25) is 5.91 Å². The molecule has 2 saturated carbocycles. The number of rotatable bonds is 5. The molecule has 3 N–H and O–H groups in total. The minimum Gasteiger partial charge on any atom is -0.376 e. The molecule has 0 radical (unpaired) electrons. The van der Waals surface area contributed by atoms with Gasteiger partial charge in [-0.1, -0.05) is 12.8 Å². The second-order valence-corrected chi connectivity index (χ2v) is 5.68. The lowest BCUT2D eigenvalue weighted by Gasteiger charge is -2.26. The molecule has 0 heterocycles. The average Bonchev–Trinajstić information content (AvgIpc) is 2.90. The molecule has 0 spiro atoms. The van der Waals surface area contributed by atoms with E-state index in [1.165, 1.54) is 12.8 Å². The topological polar surface area (TPSA) is 64.3 Å². The maximum absolute atomic E-state index is 11.8. The van der Waals surface area contributed by atoms with Crippen LogP contribution in [0.3, 0.4) is 0 Å². The van der Waals surface area contributed by atoms with Gasteiger partial charge in [-0.05, 0) is 38.5 Å². The molecule has 0 aromatic carbocycles. The van der Waals surface area contributed by atoms with Crippen LogP contribution in [0, 0.1) is 5.92 Å². The number of ether oxygens (including phenoxy) is 1. The highest BCUT2D eigenvalue weighted by atomic mass is 16.5. The summed E-state index contributed by atoms with van der Waals surface area (Å²) in [4.78, 5) is 11.8. The summed E-state index contributed by atoms with van der Waals surface area (Å²) in [5.41, 5.74) is 5.85. The summed E-state index contributed by atoms with van der Waals surface area (Å²) in [5.74, 6) is 0.486. The summed E-state index contributed by atoms with van der Waals surface area (Å²) in [6, 6.07) is 0.368. The van der Waals surface area contributed by atoms with Crippen molar-refractivity contribution in [2.75, 3.05) is 13.2 Å². The molecule has 1 amide bonds. The Balaban J connectivity index is 1.51. The predicted octanol–water partition coefficient (Wildman–Crippen LogP) is 1.58. The normalized spacial score (nSPS) is 29.4. The highest BCUT2D eigenvalue weighted by molar-refractivity contribution is 5.78. The molecular formula is C14H26N2O2. The van der Waals surface area contributed by atoms with E-state index in [4.69, 9.17) is 10.5 Å². The first-order valence-corrected chi connectivity index (χ1v) is 7.40. The fraction of sp³-hybridized carbons (Fsp3) is 0.929. The molecule has 2 aliphatic rings. The van der Waals surface area contributed by atoms with Gasteiger partial charge in [-0.3, -0.25) is 4.79 Å². The van der Waals surface area contributed by atoms with Crippen molar-refractivity contribution in [3.63, 3.8) is 0 Å². The lowest BCUT2D eigenvalue weighted by molar-refractivity contribution is -0.125. The van der Waals surface area contributed by atoms with Crippen molar-refractivity contribution in [1.82, 2.24) is 5.32 Å². The zero-order valence-corrected chi connectivity index (χ0v) is 11.2. The number of nitrogens with one attached hydrogen (secondary N) is 1. The first-order chi connectivity index (χ1) is 8.75. The smallest absolute Gasteiger partial charge is 0.223 e. The highest BCUT2D eigenvalue weighted by Gasteiger charge is 2.22. The number of nitrogens with two attached hydrogens (primary N) is 1. The van der Waals surface area contributed by atoms with Crippen LogP contribution in [0.1, 0.15) is 51.4 Å². The molecule has 2 aliphatic carbocycles. The third-order valence-corrected chi connectivity index (χ3v) is 4.20. The van der Waals surface area contributed by atoms with Gasteiger partial charge in [0.25, 0.3) is 0 Å². The third kappa shape index (κ3) is 4.25. The average molecular weight is 254 g/mol. The number of hydrogen-bond donors (Lipinski definition) is 2. The zero-order chi connectivity index (χ0) is 12.8. The third-order valence-electron chi connectivity index (χ3n) is 4.20. The van der Waals surface area contributed by atoms with Crippen molar-refractivity contribution in [3.8, 4) is 0 Å². The Bertz CT molecular complexity index is 257. The molecule has 0 atom stereocenters. The van der Waals surface area contributed by atoms with Gasteiger partial charge in [0, 0.05) is 18.5 Å². The summed E-state index contributed by atoms with van der Waals surface area (Å²) in [6.45, 7) is 1.29. The fourth-order valence-electron chi connectivity index (χ4n) is 2.99. The van der Waals surface area contributed by atoms with Gasteiger partial charge in [0.1, 0.15) is 0 Å². The zero-order valence-electron chi connectivity index (χ0n) is 11.2. The van der Waals surface area contributed by atoms with E-state index in [9.17, 15) is 4.79 Å². The summed E-state index contributed by atoms with van der Waals surface area (Å²) < 4.78 is 5.77. The van der Waals surface area contributed by atoms with E-state index in [1.807, 2.05) is 0 Å². The van der Waals surface area contributed by atoms with Crippen LogP contribution in [0.15, 0.2) is 0 Å². The van der Waals surface area contributed by atoms with Crippen LogP contribution in [0.2, 0.25) is 0 Å². The molecule has 104 valence electrons. The second-order valence-electron chi connectivity index (χ2n) is 5.68. The Labute approximate surface area is 110 Å². The van der Waals surface area contributed by atoms with Crippen molar-refractivity contribution in [1.29, 1.82) is 0 Å². The van der Waals surface area contributed by atoms with Crippen molar-refractivity contribution < 1.29 is 9.53 Å². The van der Waals surface area contributed by atoms with Crippen molar-refractivity contribution >= 4 is 5.91 Å². The van der Waals surface area contributed by atoms with Gasteiger partial charge in [-0.25, -0.2) is 0 Å². The Morgan fingerprint density at radius 2 is 1.78 bits per heavy atom. The molecule has 0 aromatic rings. The largest absolute Gasteiger partial charge is 0.376 e. The standard InChI is InChI=1S/C14H26N2O2/c15-12-5-7-13(8-6-12)18-10-9-16-14(17)11-3-1-2-4-11/h11-13H,1-10,15H2,(H,16,17). The molecule has 0 unspecified atom stereocenters. The van der Waals surface area contributed by atoms with Crippen LogP contribution in [0.5, 0.6) is 0 Å². The molecule has 4 nitrogen and oxygen atoms in total. The van der Waals surface area contributed by atoms with E-state index in [1.54, 1.807) is 0 Å². The monoisotopic (exact) mass is 254 g/mol. The van der Waals surface area contributed by atoms with E-state index < -0.39 is 0 Å². The fourth-order valence-corrected chi connectivity index (χ4v) is 2.99. The minimum absolute atomic E-state index is 0.224. The highest BCUT2D eigenvalue weighted by Crippen LogP contribution is 2.24. The summed E-state index contributed by atoms with van der Waals surface area (Å²) in [6.07, 6.45) is 9.16. The molecular weight excluding hydrogens is 228 g/mol. The summed E-state index contributed by atoms with van der Waals surface area (Å²) in [5, 5.41) is 2.98. The van der Waals surface area contributed by atoms with E-state index in [0.29, 0.717) is 25.3 Å². The van der Waals surface area contributed by atoms with Crippen LogP contribution in [0.4, 0.5) is 0 Å². The Kier molecular flexibility index (Phi) is 5.45. The van der Waals surface area contributed by atoms with Crippen molar-refractivity contribution in [2.45, 2.75) is 63.5 Å². The Hall–Kier alpha value is -0.610. The van der Waals surface area contributed by atoms with Gasteiger partial charge < -0.3 is 15.8 Å². The number of amides is 1. The second kappa shape index (κ2) is 7.10. The van der Waals surface area contributed by atoms with Crippen molar-refractivity contribution in [3.05, 3.63) is 0 Å². The quantitative estimate of drug-likeness (QED) is 0.732. The van der Waals surface area contributed by atoms with E-state index in [2.05, 4.69) is 5.32 Å². The van der Waals surface area contributed by atoms with Gasteiger partial charge in [0.05, 0.1) is 12.7 Å². The minimum atomic E-state index is 0.224. The molecule has 0 aromatic heterocycles. The maximum Gasteiger partial charge on any atom is 0.223 e. The number of carbonyl (C=O) groups excluding carboxylic acids is 1. The molecule has 18 heavy (non-hydrogen) atoms. The lowest BCUT2D eigenvalue weighted by atomic mass is 9.94. The predicted molar refractivity (Wildman–Crippen MR) is 71.2 cm³/mol. The maximum atomic E-state index is 11.8. The van der Waals surface area contributed by atoms with E-state index in [0.717, 1.165) is 38.5 Å². The summed E-state index contributed by atoms with van der Waals surface area (Å²) >= 11 is 0. The molecule has 2 rings (SSSR count). The number of carbonyl (C=O) groups is 1. The van der Waals surface area contributed by atoms with Crippen LogP contribution in [-0.2, 0) is 9.53 Å². The van der Waals surface area contributed by atoms with Crippen LogP contribution in [-0.4, -0.2) is 31.2 Å². The SMILES string of the molecule is NC1CCC(OCCNC(=O)C2CCCC2)CC1. The molecule has 0 saturated heterocycles. The van der Waals surface area contributed by atoms with Gasteiger partial charge in [0.15, 0.2) is 0 Å². The van der Waals surface area contributed by atoms with Gasteiger partial charge in [-0.15, -0.1) is 0 Å². The Morgan fingerprint density at radius 3 is 2.44 bits per heavy atom. The number of hydrogen-bond acceptors (Lipinski definition) is 3. The first-order valence-electron chi connectivity index (χ1n) is 7.40. The first kappa shape index (κ1) is 13.8. The Morgan fingerprint density at radius 1 is 1.11 bits per heavy atom. The van der Waals surface area contributed by atoms with Gasteiger partial charge in [-0.2, -0.15) is 0 Å². The van der Waals surface area contributed by atoms with Crippen LogP contribution >= 0.6 is 0 Å². The molecule has 4 heteroatoms. The molecule has 2 fully saturated rings. The van der Waals surface area contributed by atoms with Crippen molar-refractivity contribution in [2.24, 2.45) is 11.7 Å². The van der Waals surface area contributed by atoms with Crippen LogP contribution in [0.25, 0.3) is 0 Å². The van der Waals surface area contributed by atoms with Gasteiger partial charge >= 0.3 is 0 Å².